The van der Waals surface area contributed by atoms with Crippen molar-refractivity contribution in [3.05, 3.63) is 188 Å². The maximum absolute atomic E-state index is 2.46. The van der Waals surface area contributed by atoms with Gasteiger partial charge in [-0.2, -0.15) is 0 Å². The summed E-state index contributed by atoms with van der Waals surface area (Å²) in [6, 6.07) is 70.4. The highest BCUT2D eigenvalue weighted by Gasteiger charge is 2.20. The van der Waals surface area contributed by atoms with Crippen LogP contribution in [0.15, 0.2) is 188 Å². The maximum Gasteiger partial charge on any atom is 0.0547 e. The molecule has 0 aliphatic carbocycles. The fourth-order valence-corrected chi connectivity index (χ4v) is 10.1. The Labute approximate surface area is 316 Å². The van der Waals surface area contributed by atoms with Crippen molar-refractivity contribution in [2.75, 3.05) is 0 Å². The molecule has 13 aromatic rings. The summed E-state index contributed by atoms with van der Waals surface area (Å²) in [6.07, 6.45) is 0. The number of hydrogen-bond acceptors (Lipinski definition) is 0. The van der Waals surface area contributed by atoms with Gasteiger partial charge in [-0.25, -0.2) is 0 Å². The van der Waals surface area contributed by atoms with Crippen molar-refractivity contribution in [2.45, 2.75) is 0 Å². The van der Waals surface area contributed by atoms with Gasteiger partial charge in [-0.1, -0.05) is 164 Å². The lowest BCUT2D eigenvalue weighted by Gasteiger charge is -2.16. The highest BCUT2D eigenvalue weighted by molar-refractivity contribution is 6.29. The lowest BCUT2D eigenvalue weighted by molar-refractivity contribution is 1.18. The third kappa shape index (κ3) is 3.92. The molecule has 0 fully saturated rings. The van der Waals surface area contributed by atoms with Crippen LogP contribution in [0.1, 0.15) is 0 Å². The van der Waals surface area contributed by atoms with E-state index in [1.165, 1.54) is 119 Å². The topological polar surface area (TPSA) is 4.93 Å². The first kappa shape index (κ1) is 29.3. The van der Waals surface area contributed by atoms with Crippen LogP contribution in [0, 0.1) is 0 Å². The average Bonchev–Trinajstić information content (AvgIpc) is 3.59. The molecule has 252 valence electrons. The summed E-state index contributed by atoms with van der Waals surface area (Å²) in [5.74, 6) is 0. The van der Waals surface area contributed by atoms with E-state index in [-0.39, 0.29) is 0 Å². The van der Waals surface area contributed by atoms with E-state index < -0.39 is 0 Å². The molecule has 0 saturated carbocycles. The van der Waals surface area contributed by atoms with Crippen molar-refractivity contribution in [1.29, 1.82) is 0 Å². The summed E-state index contributed by atoms with van der Waals surface area (Å²) >= 11 is 0. The molecular weight excluding hydrogens is 663 g/mol. The molecular formula is C54H31N. The van der Waals surface area contributed by atoms with Gasteiger partial charge in [0.15, 0.2) is 0 Å². The minimum absolute atomic E-state index is 1.16. The van der Waals surface area contributed by atoms with Crippen molar-refractivity contribution in [2.24, 2.45) is 0 Å². The van der Waals surface area contributed by atoms with Crippen LogP contribution in [0.3, 0.4) is 0 Å². The molecule has 0 aliphatic heterocycles. The Hall–Kier alpha value is -7.22. The molecule has 0 bridgehead atoms. The molecule has 0 spiro atoms. The summed E-state index contributed by atoms with van der Waals surface area (Å²) in [4.78, 5) is 0. The van der Waals surface area contributed by atoms with Crippen LogP contribution in [0.25, 0.3) is 125 Å². The Bertz CT molecular complexity index is 3670. The Morgan fingerprint density at radius 3 is 1.44 bits per heavy atom. The summed E-state index contributed by atoms with van der Waals surface area (Å²) in [6.45, 7) is 0. The second-order valence-corrected chi connectivity index (χ2v) is 15.2. The van der Waals surface area contributed by atoms with E-state index in [4.69, 9.17) is 0 Å². The first-order chi connectivity index (χ1) is 27.3. The fraction of sp³-hybridized carbons (Fsp3) is 0. The Morgan fingerprint density at radius 1 is 0.255 bits per heavy atom. The Kier molecular flexibility index (Phi) is 5.69. The molecule has 0 radical (unpaired) electrons. The number of para-hydroxylation sites is 1. The zero-order valence-electron chi connectivity index (χ0n) is 29.8. The van der Waals surface area contributed by atoms with Gasteiger partial charge < -0.3 is 4.57 Å². The van der Waals surface area contributed by atoms with Gasteiger partial charge in [-0.15, -0.1) is 0 Å². The number of benzene rings is 12. The molecule has 0 unspecified atom stereocenters. The smallest absolute Gasteiger partial charge is 0.0547 e. The molecule has 0 amide bonds. The normalized spacial score (nSPS) is 12.4. The summed E-state index contributed by atoms with van der Waals surface area (Å²) in [7, 11) is 0. The highest BCUT2D eigenvalue weighted by atomic mass is 15.0. The molecule has 1 heterocycles. The molecule has 0 aliphatic rings. The van der Waals surface area contributed by atoms with Crippen molar-refractivity contribution in [3.63, 3.8) is 0 Å². The third-order valence-electron chi connectivity index (χ3n) is 12.5. The number of hydrogen-bond donors (Lipinski definition) is 0. The quantitative estimate of drug-likeness (QED) is 0.162. The van der Waals surface area contributed by atoms with Crippen LogP contribution in [0.4, 0.5) is 0 Å². The number of aromatic nitrogens is 1. The van der Waals surface area contributed by atoms with Gasteiger partial charge in [0.1, 0.15) is 0 Å². The van der Waals surface area contributed by atoms with E-state index in [0.29, 0.717) is 0 Å². The molecule has 55 heavy (non-hydrogen) atoms. The monoisotopic (exact) mass is 693 g/mol. The fourth-order valence-electron chi connectivity index (χ4n) is 10.1. The van der Waals surface area contributed by atoms with Gasteiger partial charge in [0.25, 0.3) is 0 Å². The van der Waals surface area contributed by atoms with Crippen molar-refractivity contribution >= 4 is 97.2 Å². The third-order valence-corrected chi connectivity index (χ3v) is 12.5. The first-order valence-corrected chi connectivity index (χ1v) is 19.2. The van der Waals surface area contributed by atoms with E-state index in [1.54, 1.807) is 0 Å². The zero-order chi connectivity index (χ0) is 35.8. The summed E-state index contributed by atoms with van der Waals surface area (Å²) < 4.78 is 2.46. The average molecular weight is 694 g/mol. The molecule has 1 heteroatoms. The van der Waals surface area contributed by atoms with Crippen LogP contribution in [0.5, 0.6) is 0 Å². The zero-order valence-corrected chi connectivity index (χ0v) is 29.8. The lowest BCUT2D eigenvalue weighted by Crippen LogP contribution is -1.94. The maximum atomic E-state index is 2.46. The largest absolute Gasteiger partial charge is 0.309 e. The van der Waals surface area contributed by atoms with Gasteiger partial charge >= 0.3 is 0 Å². The number of nitrogens with zero attached hydrogens (tertiary/aromatic N) is 1. The van der Waals surface area contributed by atoms with Crippen LogP contribution >= 0.6 is 0 Å². The van der Waals surface area contributed by atoms with Gasteiger partial charge in [-0.3, -0.25) is 0 Å². The lowest BCUT2D eigenvalue weighted by atomic mass is 9.88. The second kappa shape index (κ2) is 10.7. The van der Waals surface area contributed by atoms with E-state index in [0.717, 1.165) is 5.69 Å². The molecule has 12 aromatic carbocycles. The minimum Gasteiger partial charge on any atom is -0.309 e. The van der Waals surface area contributed by atoms with Crippen LogP contribution in [0.2, 0.25) is 0 Å². The van der Waals surface area contributed by atoms with Gasteiger partial charge in [0.05, 0.1) is 11.0 Å². The Morgan fingerprint density at radius 2 is 0.764 bits per heavy atom. The first-order valence-electron chi connectivity index (χ1n) is 19.2. The molecule has 0 N–H and O–H groups in total. The summed E-state index contributed by atoms with van der Waals surface area (Å²) in [5.41, 5.74) is 8.63. The van der Waals surface area contributed by atoms with E-state index in [2.05, 4.69) is 193 Å². The van der Waals surface area contributed by atoms with Gasteiger partial charge in [0.2, 0.25) is 0 Å². The Balaban J connectivity index is 1.09. The second-order valence-electron chi connectivity index (χ2n) is 15.2. The predicted octanol–water partition coefficient (Wildman–Crippen LogP) is 15.1. The van der Waals surface area contributed by atoms with Crippen LogP contribution < -0.4 is 0 Å². The molecule has 0 atom stereocenters. The van der Waals surface area contributed by atoms with Gasteiger partial charge in [0, 0.05) is 16.5 Å². The number of rotatable bonds is 3. The van der Waals surface area contributed by atoms with E-state index >= 15 is 0 Å². The molecule has 13 rings (SSSR count). The molecule has 1 aromatic heterocycles. The molecule has 1 nitrogen and oxygen atoms in total. The van der Waals surface area contributed by atoms with Crippen molar-refractivity contribution in [1.82, 2.24) is 4.57 Å². The van der Waals surface area contributed by atoms with Crippen LogP contribution in [-0.2, 0) is 0 Å². The number of fused-ring (bicyclic) bond motifs is 5. The van der Waals surface area contributed by atoms with Crippen molar-refractivity contribution < 1.29 is 0 Å². The van der Waals surface area contributed by atoms with Crippen molar-refractivity contribution in [3.8, 4) is 27.9 Å². The highest BCUT2D eigenvalue weighted by Crippen LogP contribution is 2.45. The van der Waals surface area contributed by atoms with Crippen LogP contribution in [-0.4, -0.2) is 4.57 Å². The predicted molar refractivity (Wildman–Crippen MR) is 237 cm³/mol. The molecule has 0 saturated heterocycles. The SMILES string of the molecule is c1ccc(-n2c3cc(-c4ccc5ccc6cccc7ccc4c5c67)ccc3c3c4cccc(-c5ccc6ccc7cccc8ccc5c6c78)c4ccc32)cc1. The standard InChI is InChI=1S/C54H31N/c1-2-11-39(12-3-1)55-48-30-29-43-41(42-25-20-37-18-16-33-8-5-10-35-22-27-46(42)53(37)51(33)35)13-6-14-44(43)54(48)47-28-23-38(31-49(47)55)40-24-19-36-17-15-32-7-4-9-34-21-26-45(40)52(36)50(32)34/h1-31H. The van der Waals surface area contributed by atoms with E-state index in [9.17, 15) is 0 Å². The van der Waals surface area contributed by atoms with Gasteiger partial charge in [-0.05, 0) is 122 Å². The minimum atomic E-state index is 1.16. The summed E-state index contributed by atoms with van der Waals surface area (Å²) in [5, 5.41) is 20.9. The van der Waals surface area contributed by atoms with E-state index in [1.807, 2.05) is 0 Å².